The number of aryl methyl sites for hydroxylation is 1. The molecule has 0 bridgehead atoms. The monoisotopic (exact) mass is 1240 g/mol. The molecule has 6 aromatic heterocycles. The third-order valence-electron chi connectivity index (χ3n) is 12.0. The first-order valence-electron chi connectivity index (χ1n) is 22.2. The van der Waals surface area contributed by atoms with Crippen LogP contribution in [0.1, 0.15) is 18.7 Å². The second-order valence-corrected chi connectivity index (χ2v) is 24.5. The van der Waals surface area contributed by atoms with Crippen LogP contribution >= 0.6 is 39.1 Å². The van der Waals surface area contributed by atoms with Crippen molar-refractivity contribution in [2.45, 2.75) is 73.6 Å². The predicted octanol–water partition coefficient (Wildman–Crippen LogP) is -7.10. The smallest absolute Gasteiger partial charge is 0.313 e. The molecule has 17 atom stereocenters. The van der Waals surface area contributed by atoms with Gasteiger partial charge in [0, 0.05) is 14.2 Å². The van der Waals surface area contributed by atoms with E-state index in [2.05, 4.69) is 61.9 Å². The van der Waals surface area contributed by atoms with E-state index >= 15 is 0 Å². The van der Waals surface area contributed by atoms with E-state index in [9.17, 15) is 72.2 Å². The van der Waals surface area contributed by atoms with E-state index in [1.165, 1.54) is 17.9 Å². The van der Waals surface area contributed by atoms with Crippen LogP contribution in [0.5, 0.6) is 0 Å². The Morgan fingerprint density at radius 2 is 1.18 bits per heavy atom. The molecule has 9 heterocycles. The molecule has 0 radical (unpaired) electrons. The van der Waals surface area contributed by atoms with E-state index in [4.69, 9.17) is 49.9 Å². The van der Waals surface area contributed by atoms with Crippen molar-refractivity contribution in [1.29, 1.82) is 0 Å². The molecule has 9 rings (SSSR count). The minimum atomic E-state index is -6.85. The van der Waals surface area contributed by atoms with Crippen LogP contribution in [-0.4, -0.2) is 158 Å². The number of methoxy groups -OCH3 is 2. The first-order chi connectivity index (χ1) is 37.4. The van der Waals surface area contributed by atoms with Crippen molar-refractivity contribution in [3.8, 4) is 0 Å². The predicted molar refractivity (Wildman–Crippen MR) is 244 cm³/mol. The standard InChI is InChI=1S/C33H46N15O27P5/c1-45-10-48(26-16(45)28(53)44-33(36)42-26)30-19(51)20(64-2)12(70-30)5-67-77(56,57)73-79(60,61)75-80(62,63)74-78(58,59)68-6-13-21(22(65-3)31(71-13)46-8-39-14-23(34)37-7-38-24(14)46)72-76(54,55)66-4-11-17(49)18(50)29(69-11)47-9-40-15-25(47)41-32(35)43-27(15)52/h7-13,17-22,29-31,49-51H,4-6H2,1-3H3,(H12-,34,35,36,37,38,41,42,43,44,52,53,54,55,56,57,58,59,60,61,62,63)/p-4/t11-,12-,13-,17?,18+,19?,20+,21?,22+,29-,30-,31-/m1/s1. The highest BCUT2D eigenvalue weighted by molar-refractivity contribution is 7.68. The molecular weight excluding hydrogens is 1190 g/mol. The fourth-order valence-corrected chi connectivity index (χ4v) is 14.4. The van der Waals surface area contributed by atoms with Gasteiger partial charge in [0.25, 0.3) is 56.2 Å². The number of H-pyrrole nitrogens is 2. The van der Waals surface area contributed by atoms with Crippen molar-refractivity contribution in [3.63, 3.8) is 0 Å². The number of hydrogen-bond acceptors (Lipinski definition) is 36. The highest BCUT2D eigenvalue weighted by Crippen LogP contribution is 2.67. The number of phosphoric acid groups is 5. The van der Waals surface area contributed by atoms with Crippen molar-refractivity contribution in [1.82, 2.24) is 53.6 Å². The molecule has 47 heteroatoms. The van der Waals surface area contributed by atoms with E-state index in [1.807, 2.05) is 0 Å². The number of nitrogens with one attached hydrogen (secondary N) is 2. The second-order valence-electron chi connectivity index (χ2n) is 17.1. The van der Waals surface area contributed by atoms with Gasteiger partial charge in [-0.1, -0.05) is 4.98 Å². The van der Waals surface area contributed by atoms with Crippen LogP contribution in [0.25, 0.3) is 33.5 Å². The maximum Gasteiger partial charge on any atom is 0.313 e. The number of aliphatic hydroxyl groups is 3. The molecule has 11 N–H and O–H groups in total. The summed E-state index contributed by atoms with van der Waals surface area (Å²) in [6.45, 7) is -3.79. The molecule has 80 heavy (non-hydrogen) atoms. The minimum Gasteiger partial charge on any atom is -0.756 e. The molecule has 0 saturated carbocycles. The summed E-state index contributed by atoms with van der Waals surface area (Å²) in [6, 6.07) is 0. The van der Waals surface area contributed by atoms with Gasteiger partial charge in [0.2, 0.25) is 17.7 Å². The molecule has 0 spiro atoms. The van der Waals surface area contributed by atoms with E-state index < -0.39 is 144 Å². The summed E-state index contributed by atoms with van der Waals surface area (Å²) in [7, 11) is -28.6. The van der Waals surface area contributed by atoms with Crippen molar-refractivity contribution in [2.24, 2.45) is 7.05 Å². The number of anilines is 3. The van der Waals surface area contributed by atoms with Gasteiger partial charge in [0.1, 0.15) is 66.8 Å². The zero-order chi connectivity index (χ0) is 58.2. The number of fused-ring (bicyclic) bond motifs is 3. The number of aliphatic hydroxyl groups excluding tert-OH is 3. The van der Waals surface area contributed by atoms with Gasteiger partial charge in [-0.05, 0) is 0 Å². The Balaban J connectivity index is 0.849. The zero-order valence-corrected chi connectivity index (χ0v) is 44.9. The lowest BCUT2D eigenvalue weighted by molar-refractivity contribution is -0.745. The van der Waals surface area contributed by atoms with Gasteiger partial charge in [-0.3, -0.25) is 56.1 Å². The Hall–Kier alpha value is -5.00. The Morgan fingerprint density at radius 1 is 0.637 bits per heavy atom. The average Bonchev–Trinajstić information content (AvgIpc) is 4.38. The second kappa shape index (κ2) is 22.3. The number of imidazole rings is 3. The topological polar surface area (TPSA) is 612 Å². The van der Waals surface area contributed by atoms with Crippen LogP contribution in [0.3, 0.4) is 0 Å². The van der Waals surface area contributed by atoms with Crippen molar-refractivity contribution in [3.05, 3.63) is 46.0 Å². The Morgan fingerprint density at radius 3 is 1.81 bits per heavy atom. The molecule has 8 unspecified atom stereocenters. The first kappa shape index (κ1) is 59.6. The highest BCUT2D eigenvalue weighted by atomic mass is 31.3. The van der Waals surface area contributed by atoms with E-state index in [1.54, 1.807) is 0 Å². The number of rotatable bonds is 22. The quantitative estimate of drug-likeness (QED) is 0.0231. The van der Waals surface area contributed by atoms with Gasteiger partial charge in [-0.2, -0.15) is 4.98 Å². The van der Waals surface area contributed by atoms with Gasteiger partial charge in [-0.15, -0.1) is 0 Å². The summed E-state index contributed by atoms with van der Waals surface area (Å²) in [4.78, 5) is 118. The fraction of sp³-hybridized carbons (Fsp3) is 0.545. The van der Waals surface area contributed by atoms with Crippen molar-refractivity contribution < 1.29 is 122 Å². The summed E-state index contributed by atoms with van der Waals surface area (Å²) in [5.41, 5.74) is 15.1. The van der Waals surface area contributed by atoms with E-state index in [-0.39, 0.29) is 51.2 Å². The van der Waals surface area contributed by atoms with Crippen LogP contribution in [0.15, 0.2) is 34.9 Å². The molecule has 6 aromatic rings. The Labute approximate surface area is 442 Å². The number of aromatic amines is 2. The largest absolute Gasteiger partial charge is 0.756 e. The number of ether oxygens (including phenoxy) is 5. The van der Waals surface area contributed by atoms with Crippen LogP contribution in [-0.2, 0) is 84.6 Å². The number of nitrogen functional groups attached to an aromatic ring is 3. The maximum absolute atomic E-state index is 13.5. The number of phosphoric ester groups is 3. The fourth-order valence-electron chi connectivity index (χ4n) is 8.67. The van der Waals surface area contributed by atoms with Crippen molar-refractivity contribution >= 4 is 90.3 Å². The van der Waals surface area contributed by atoms with Gasteiger partial charge in [0.15, 0.2) is 41.4 Å². The summed E-state index contributed by atoms with van der Waals surface area (Å²) in [6.07, 6.45) is -16.1. The first-order valence-corrected chi connectivity index (χ1v) is 29.5. The lowest BCUT2D eigenvalue weighted by atomic mass is 10.1. The molecule has 42 nitrogen and oxygen atoms in total. The van der Waals surface area contributed by atoms with Crippen molar-refractivity contribution in [2.75, 3.05) is 51.2 Å². The lowest BCUT2D eigenvalue weighted by Gasteiger charge is -2.36. The number of nitrogens with zero attached hydrogens (tertiary/aromatic N) is 10. The molecule has 3 aliphatic rings. The third kappa shape index (κ3) is 12.2. The van der Waals surface area contributed by atoms with Crippen LogP contribution in [0.4, 0.5) is 17.7 Å². The molecule has 3 fully saturated rings. The Bertz CT molecular complexity index is 3690. The third-order valence-corrected chi connectivity index (χ3v) is 18.7. The van der Waals surface area contributed by atoms with Crippen LogP contribution in [0, 0.1) is 0 Å². The number of nitrogens with two attached hydrogens (primary N) is 3. The summed E-state index contributed by atoms with van der Waals surface area (Å²) < 4.78 is 128. The minimum absolute atomic E-state index is 0.0212. The van der Waals surface area contributed by atoms with Gasteiger partial charge in [-0.25, -0.2) is 37.4 Å². The number of aromatic nitrogens is 12. The molecule has 0 amide bonds. The van der Waals surface area contributed by atoms with Crippen LogP contribution < -0.4 is 57.4 Å². The molecule has 0 aromatic carbocycles. The normalized spacial score (nSPS) is 30.1. The van der Waals surface area contributed by atoms with Gasteiger partial charge in [0.05, 0.1) is 39.5 Å². The summed E-state index contributed by atoms with van der Waals surface area (Å²) in [5.74, 6) is -0.818. The molecule has 3 aliphatic heterocycles. The molecular formula is C33H42N15O27P5-4. The summed E-state index contributed by atoms with van der Waals surface area (Å²) in [5, 5.41) is 32.7. The van der Waals surface area contributed by atoms with Crippen LogP contribution in [0.2, 0.25) is 0 Å². The summed E-state index contributed by atoms with van der Waals surface area (Å²) >= 11 is 0. The molecule has 440 valence electrons. The van der Waals surface area contributed by atoms with E-state index in [0.717, 1.165) is 46.9 Å². The molecule has 0 aliphatic carbocycles. The highest BCUT2D eigenvalue weighted by Gasteiger charge is 2.52. The lowest BCUT2D eigenvalue weighted by Crippen LogP contribution is -2.46. The SMILES string of the molecule is CO[C@@H]1C(O)[C@H]([n+]2cn(C)c3c(=O)[nH]c(N)nc32)O[C@@H]1COP(=O)([O-])OP(=O)([O-])OP(=O)([O-])OP(=O)([O-])OC[C@H]1O[C@@H](n2cnc3c(N)ncnc32)[C@@H](OC)C1OP(=O)([O-])OC[C@H]1O[C@@H](n2cnc3c(=O)[nH]c(N)nc32)[C@@H](O)C1O. The Kier molecular flexibility index (Phi) is 16.6. The van der Waals surface area contributed by atoms with Gasteiger partial charge >= 0.3 is 5.65 Å². The van der Waals surface area contributed by atoms with Gasteiger partial charge < -0.3 is 98.8 Å². The number of hydrogen-bond donors (Lipinski definition) is 8. The zero-order valence-electron chi connectivity index (χ0n) is 40.4. The average molecular weight is 1240 g/mol. The molecule has 3 saturated heterocycles. The van der Waals surface area contributed by atoms with E-state index in [0.29, 0.717) is 0 Å². The maximum atomic E-state index is 13.5.